The van der Waals surface area contributed by atoms with Crippen LogP contribution in [0, 0.1) is 0 Å². The van der Waals surface area contributed by atoms with Gasteiger partial charge in [0.1, 0.15) is 0 Å². The van der Waals surface area contributed by atoms with Crippen LogP contribution in [0.3, 0.4) is 0 Å². The minimum atomic E-state index is -1.01. The molecule has 0 saturated carbocycles. The topological polar surface area (TPSA) is 75.3 Å². The number of carboxylic acid groups (broad SMARTS) is 1. The van der Waals surface area contributed by atoms with Gasteiger partial charge in [0.15, 0.2) is 0 Å². The summed E-state index contributed by atoms with van der Waals surface area (Å²) < 4.78 is 0.707. The van der Waals surface area contributed by atoms with Crippen LogP contribution in [0.1, 0.15) is 10.4 Å². The molecule has 0 atom stereocenters. The Morgan fingerprint density at radius 2 is 2.15 bits per heavy atom. The molecule has 72 valence electrons. The van der Waals surface area contributed by atoms with Crippen molar-refractivity contribution >= 4 is 40.0 Å². The van der Waals surface area contributed by atoms with Crippen molar-refractivity contribution in [2.45, 2.75) is 0 Å². The molecule has 13 heavy (non-hydrogen) atoms. The van der Waals surface area contributed by atoms with Crippen molar-refractivity contribution in [3.8, 4) is 0 Å². The first-order valence-corrected chi connectivity index (χ1v) is 3.94. The predicted octanol–water partition coefficient (Wildman–Crippen LogP) is 1.85. The molecule has 4 N–H and O–H groups in total. The number of aromatic carboxylic acids is 1. The molecule has 0 unspecified atom stereocenters. The first-order valence-electron chi connectivity index (χ1n) is 3.14. The number of nitrogen functional groups attached to an aromatic ring is 1. The molecule has 1 aromatic rings. The molecular weight excluding hydrogens is 259 g/mol. The molecule has 0 aliphatic rings. The van der Waals surface area contributed by atoms with E-state index in [0.29, 0.717) is 10.2 Å². The number of halogens is 2. The summed E-state index contributed by atoms with van der Waals surface area (Å²) in [5.41, 5.74) is 2.84. The Kier molecular flexibility index (Phi) is 4.76. The Morgan fingerprint density at radius 1 is 1.54 bits per heavy atom. The molecular formula is C7H8BrClN2O2. The summed E-state index contributed by atoms with van der Waals surface area (Å²) in [6, 6.07) is 4.78. The van der Waals surface area contributed by atoms with E-state index >= 15 is 0 Å². The largest absolute Gasteiger partial charge is 0.478 e. The SMILES string of the molecule is Cl.NNc1ccc(Br)cc1C(=O)O. The summed E-state index contributed by atoms with van der Waals surface area (Å²) in [6.45, 7) is 0. The van der Waals surface area contributed by atoms with Crippen LogP contribution in [0.25, 0.3) is 0 Å². The lowest BCUT2D eigenvalue weighted by Gasteiger charge is -2.04. The lowest BCUT2D eigenvalue weighted by Crippen LogP contribution is -2.11. The van der Waals surface area contributed by atoms with Crippen LogP contribution in [0.4, 0.5) is 5.69 Å². The van der Waals surface area contributed by atoms with Crippen molar-refractivity contribution in [2.75, 3.05) is 5.43 Å². The number of benzene rings is 1. The van der Waals surface area contributed by atoms with Gasteiger partial charge in [-0.25, -0.2) is 4.79 Å². The molecule has 0 bridgehead atoms. The molecule has 0 heterocycles. The van der Waals surface area contributed by atoms with Crippen LogP contribution < -0.4 is 11.3 Å². The van der Waals surface area contributed by atoms with Crippen molar-refractivity contribution in [2.24, 2.45) is 5.84 Å². The summed E-state index contributed by atoms with van der Waals surface area (Å²) in [7, 11) is 0. The Hall–Kier alpha value is -0.780. The van der Waals surface area contributed by atoms with Crippen LogP contribution in [-0.4, -0.2) is 11.1 Å². The molecule has 0 fully saturated rings. The van der Waals surface area contributed by atoms with Gasteiger partial charge in [0.05, 0.1) is 11.3 Å². The fourth-order valence-corrected chi connectivity index (χ4v) is 1.18. The second-order valence-electron chi connectivity index (χ2n) is 2.14. The Bertz CT molecular complexity index is 319. The van der Waals surface area contributed by atoms with E-state index in [4.69, 9.17) is 10.9 Å². The number of hydrazine groups is 1. The molecule has 1 aromatic carbocycles. The standard InChI is InChI=1S/C7H7BrN2O2.ClH/c8-4-1-2-6(10-9)5(3-4)7(11)12;/h1-3,10H,9H2,(H,11,12);1H. The quantitative estimate of drug-likeness (QED) is 0.565. The van der Waals surface area contributed by atoms with Crippen molar-refractivity contribution in [3.05, 3.63) is 28.2 Å². The first-order chi connectivity index (χ1) is 5.65. The molecule has 4 nitrogen and oxygen atoms in total. The number of anilines is 1. The van der Waals surface area contributed by atoms with Crippen LogP contribution in [0.2, 0.25) is 0 Å². The lowest BCUT2D eigenvalue weighted by atomic mass is 10.2. The summed E-state index contributed by atoms with van der Waals surface area (Å²) in [4.78, 5) is 10.6. The zero-order valence-electron chi connectivity index (χ0n) is 6.45. The summed E-state index contributed by atoms with van der Waals surface area (Å²) in [6.07, 6.45) is 0. The van der Waals surface area contributed by atoms with Gasteiger partial charge < -0.3 is 10.5 Å². The van der Waals surface area contributed by atoms with Gasteiger partial charge in [0.2, 0.25) is 0 Å². The minimum absolute atomic E-state index is 0. The highest BCUT2D eigenvalue weighted by molar-refractivity contribution is 9.10. The molecule has 0 radical (unpaired) electrons. The summed E-state index contributed by atoms with van der Waals surface area (Å²) in [5.74, 6) is 4.10. The minimum Gasteiger partial charge on any atom is -0.478 e. The highest BCUT2D eigenvalue weighted by Crippen LogP contribution is 2.19. The van der Waals surface area contributed by atoms with Crippen LogP contribution >= 0.6 is 28.3 Å². The maximum atomic E-state index is 10.6. The second kappa shape index (κ2) is 5.06. The molecule has 0 aliphatic heterocycles. The smallest absolute Gasteiger partial charge is 0.337 e. The van der Waals surface area contributed by atoms with E-state index in [1.54, 1.807) is 12.1 Å². The summed E-state index contributed by atoms with van der Waals surface area (Å²) >= 11 is 3.16. The van der Waals surface area contributed by atoms with E-state index < -0.39 is 5.97 Å². The van der Waals surface area contributed by atoms with Crippen LogP contribution in [0.15, 0.2) is 22.7 Å². The zero-order valence-corrected chi connectivity index (χ0v) is 8.85. The van der Waals surface area contributed by atoms with Gasteiger partial charge in [-0.1, -0.05) is 15.9 Å². The van der Waals surface area contributed by atoms with Crippen molar-refractivity contribution in [3.63, 3.8) is 0 Å². The Balaban J connectivity index is 0.00000144. The predicted molar refractivity (Wildman–Crippen MR) is 56.2 cm³/mol. The number of carbonyl (C=O) groups is 1. The van der Waals surface area contributed by atoms with Gasteiger partial charge in [-0.2, -0.15) is 0 Å². The van der Waals surface area contributed by atoms with Gasteiger partial charge in [-0.05, 0) is 18.2 Å². The number of hydrogen-bond donors (Lipinski definition) is 3. The Labute approximate surface area is 89.6 Å². The third-order valence-electron chi connectivity index (χ3n) is 1.37. The maximum absolute atomic E-state index is 10.6. The van der Waals surface area contributed by atoms with Crippen LogP contribution in [0.5, 0.6) is 0 Å². The molecule has 0 aliphatic carbocycles. The molecule has 1 rings (SSSR count). The number of carboxylic acids is 1. The Morgan fingerprint density at radius 3 is 2.62 bits per heavy atom. The highest BCUT2D eigenvalue weighted by Gasteiger charge is 2.08. The number of rotatable bonds is 2. The normalized spacial score (nSPS) is 8.77. The zero-order chi connectivity index (χ0) is 9.14. The molecule has 6 heteroatoms. The van der Waals surface area contributed by atoms with E-state index in [-0.39, 0.29) is 18.0 Å². The average Bonchev–Trinajstić information content (AvgIpc) is 2.04. The first kappa shape index (κ1) is 12.2. The van der Waals surface area contributed by atoms with Gasteiger partial charge in [0.25, 0.3) is 0 Å². The van der Waals surface area contributed by atoms with Crippen molar-refractivity contribution in [1.82, 2.24) is 0 Å². The third kappa shape index (κ3) is 2.87. The fraction of sp³-hybridized carbons (Fsp3) is 0. The monoisotopic (exact) mass is 266 g/mol. The number of nitrogens with two attached hydrogens (primary N) is 1. The van der Waals surface area contributed by atoms with E-state index in [9.17, 15) is 4.79 Å². The molecule has 0 saturated heterocycles. The lowest BCUT2D eigenvalue weighted by molar-refractivity contribution is 0.0698. The maximum Gasteiger partial charge on any atom is 0.337 e. The fourth-order valence-electron chi connectivity index (χ4n) is 0.819. The number of nitrogens with one attached hydrogen (secondary N) is 1. The highest BCUT2D eigenvalue weighted by atomic mass is 79.9. The third-order valence-corrected chi connectivity index (χ3v) is 1.86. The van der Waals surface area contributed by atoms with Crippen molar-refractivity contribution < 1.29 is 9.90 Å². The summed E-state index contributed by atoms with van der Waals surface area (Å²) in [5, 5.41) is 8.70. The van der Waals surface area contributed by atoms with Gasteiger partial charge in [-0.15, -0.1) is 12.4 Å². The number of hydrogen-bond acceptors (Lipinski definition) is 3. The second-order valence-corrected chi connectivity index (χ2v) is 3.06. The van der Waals surface area contributed by atoms with Crippen molar-refractivity contribution in [1.29, 1.82) is 0 Å². The van der Waals surface area contributed by atoms with E-state index in [1.165, 1.54) is 6.07 Å². The van der Waals surface area contributed by atoms with Crippen LogP contribution in [-0.2, 0) is 0 Å². The van der Waals surface area contributed by atoms with Gasteiger partial charge in [0, 0.05) is 4.47 Å². The molecule has 0 aromatic heterocycles. The van der Waals surface area contributed by atoms with E-state index in [1.807, 2.05) is 0 Å². The molecule has 0 amide bonds. The average molecular weight is 268 g/mol. The van der Waals surface area contributed by atoms with Gasteiger partial charge >= 0.3 is 5.97 Å². The van der Waals surface area contributed by atoms with E-state index in [0.717, 1.165) is 0 Å². The van der Waals surface area contributed by atoms with E-state index in [2.05, 4.69) is 21.4 Å². The molecule has 0 spiro atoms. The van der Waals surface area contributed by atoms with Gasteiger partial charge in [-0.3, -0.25) is 5.84 Å².